The van der Waals surface area contributed by atoms with Gasteiger partial charge in [-0.1, -0.05) is 13.8 Å². The van der Waals surface area contributed by atoms with Gasteiger partial charge in [0, 0.05) is 25.4 Å². The first-order valence-electron chi connectivity index (χ1n) is 6.94. The molecule has 0 bridgehead atoms. The molecule has 0 aromatic carbocycles. The molecule has 0 aliphatic carbocycles. The molecule has 1 saturated heterocycles. The van der Waals surface area contributed by atoms with Gasteiger partial charge < -0.3 is 14.7 Å². The minimum absolute atomic E-state index is 0.0695. The number of carboxylic acid groups (broad SMARTS) is 1. The van der Waals surface area contributed by atoms with E-state index >= 15 is 0 Å². The molecule has 2 heterocycles. The summed E-state index contributed by atoms with van der Waals surface area (Å²) < 4.78 is 5.36. The molecule has 6 nitrogen and oxygen atoms in total. The van der Waals surface area contributed by atoms with Crippen molar-refractivity contribution in [3.63, 3.8) is 0 Å². The van der Waals surface area contributed by atoms with Crippen LogP contribution in [0.15, 0.2) is 12.3 Å². The third-order valence-electron chi connectivity index (χ3n) is 4.02. The Bertz CT molecular complexity index is 492. The summed E-state index contributed by atoms with van der Waals surface area (Å²) in [6.45, 7) is 7.44. The van der Waals surface area contributed by atoms with E-state index in [0.717, 1.165) is 0 Å². The van der Waals surface area contributed by atoms with E-state index < -0.39 is 11.4 Å². The maximum absolute atomic E-state index is 11.6. The van der Waals surface area contributed by atoms with E-state index in [-0.39, 0.29) is 5.92 Å². The van der Waals surface area contributed by atoms with Gasteiger partial charge >= 0.3 is 5.97 Å². The highest BCUT2D eigenvalue weighted by Crippen LogP contribution is 2.39. The molecule has 0 amide bonds. The summed E-state index contributed by atoms with van der Waals surface area (Å²) in [6.07, 6.45) is 2.26. The van der Waals surface area contributed by atoms with E-state index in [1.165, 1.54) is 0 Å². The first-order valence-corrected chi connectivity index (χ1v) is 6.94. The van der Waals surface area contributed by atoms with Crippen LogP contribution in [0.25, 0.3) is 0 Å². The zero-order valence-corrected chi connectivity index (χ0v) is 12.2. The Morgan fingerprint density at radius 3 is 2.90 bits per heavy atom. The van der Waals surface area contributed by atoms with Gasteiger partial charge in [-0.3, -0.25) is 4.79 Å². The first-order chi connectivity index (χ1) is 9.49. The minimum Gasteiger partial charge on any atom is -0.481 e. The molecule has 2 rings (SSSR count). The van der Waals surface area contributed by atoms with Crippen molar-refractivity contribution in [1.29, 1.82) is 0 Å². The molecule has 1 aliphatic heterocycles. The van der Waals surface area contributed by atoms with Crippen LogP contribution < -0.4 is 9.64 Å². The summed E-state index contributed by atoms with van der Waals surface area (Å²) in [7, 11) is 0. The topological polar surface area (TPSA) is 75.5 Å². The SMILES string of the molecule is CCOc1ccnc(N2CCC(C(=O)O)(C(C)C)C2)n1. The largest absolute Gasteiger partial charge is 0.481 e. The molecule has 0 spiro atoms. The number of hydrogen-bond donors (Lipinski definition) is 1. The summed E-state index contributed by atoms with van der Waals surface area (Å²) >= 11 is 0. The first kappa shape index (κ1) is 14.6. The van der Waals surface area contributed by atoms with Crippen molar-refractivity contribution < 1.29 is 14.6 Å². The average molecular weight is 279 g/mol. The van der Waals surface area contributed by atoms with Gasteiger partial charge in [0.1, 0.15) is 0 Å². The fourth-order valence-electron chi connectivity index (χ4n) is 2.61. The van der Waals surface area contributed by atoms with Crippen molar-refractivity contribution in [2.24, 2.45) is 11.3 Å². The molecule has 1 fully saturated rings. The van der Waals surface area contributed by atoms with Crippen molar-refractivity contribution in [3.05, 3.63) is 12.3 Å². The van der Waals surface area contributed by atoms with Crippen LogP contribution in [0.1, 0.15) is 27.2 Å². The van der Waals surface area contributed by atoms with Gasteiger partial charge in [-0.05, 0) is 19.3 Å². The molecule has 110 valence electrons. The lowest BCUT2D eigenvalue weighted by atomic mass is 9.76. The number of ether oxygens (including phenoxy) is 1. The Labute approximate surface area is 118 Å². The molecule has 0 radical (unpaired) electrons. The van der Waals surface area contributed by atoms with Crippen LogP contribution in [0.3, 0.4) is 0 Å². The Morgan fingerprint density at radius 2 is 2.35 bits per heavy atom. The number of rotatable bonds is 5. The Hall–Kier alpha value is -1.85. The normalized spacial score (nSPS) is 22.3. The molecule has 1 N–H and O–H groups in total. The molecule has 1 unspecified atom stereocenters. The summed E-state index contributed by atoms with van der Waals surface area (Å²) in [5.74, 6) is 0.394. The highest BCUT2D eigenvalue weighted by Gasteiger charge is 2.47. The lowest BCUT2D eigenvalue weighted by molar-refractivity contribution is -0.150. The summed E-state index contributed by atoms with van der Waals surface area (Å²) in [5.41, 5.74) is -0.717. The number of carboxylic acids is 1. The van der Waals surface area contributed by atoms with Gasteiger partial charge in [-0.15, -0.1) is 0 Å². The number of nitrogens with zero attached hydrogens (tertiary/aromatic N) is 3. The molecule has 1 aromatic rings. The zero-order chi connectivity index (χ0) is 14.8. The minimum atomic E-state index is -0.740. The van der Waals surface area contributed by atoms with Gasteiger partial charge in [0.05, 0.1) is 12.0 Å². The number of hydrogen-bond acceptors (Lipinski definition) is 5. The highest BCUT2D eigenvalue weighted by atomic mass is 16.5. The van der Waals surface area contributed by atoms with Crippen molar-refractivity contribution in [1.82, 2.24) is 9.97 Å². The number of carbonyl (C=O) groups is 1. The van der Waals surface area contributed by atoms with Crippen LogP contribution in [0.2, 0.25) is 0 Å². The van der Waals surface area contributed by atoms with Crippen LogP contribution in [0.4, 0.5) is 5.95 Å². The van der Waals surface area contributed by atoms with Gasteiger partial charge in [-0.25, -0.2) is 4.98 Å². The van der Waals surface area contributed by atoms with E-state index in [1.54, 1.807) is 12.3 Å². The number of anilines is 1. The van der Waals surface area contributed by atoms with Crippen molar-refractivity contribution in [2.75, 3.05) is 24.6 Å². The smallest absolute Gasteiger partial charge is 0.311 e. The van der Waals surface area contributed by atoms with Gasteiger partial charge in [0.2, 0.25) is 11.8 Å². The van der Waals surface area contributed by atoms with Crippen LogP contribution >= 0.6 is 0 Å². The molecule has 1 atom stereocenters. The van der Waals surface area contributed by atoms with Gasteiger partial charge in [-0.2, -0.15) is 4.98 Å². The van der Waals surface area contributed by atoms with Crippen molar-refractivity contribution in [3.8, 4) is 5.88 Å². The quantitative estimate of drug-likeness (QED) is 0.886. The Balaban J connectivity index is 2.20. The molecule has 6 heteroatoms. The van der Waals surface area contributed by atoms with Gasteiger partial charge in [0.15, 0.2) is 0 Å². The summed E-state index contributed by atoms with van der Waals surface area (Å²) in [5, 5.41) is 9.55. The Morgan fingerprint density at radius 1 is 1.60 bits per heavy atom. The maximum atomic E-state index is 11.6. The van der Waals surface area contributed by atoms with Crippen LogP contribution in [-0.2, 0) is 4.79 Å². The monoisotopic (exact) mass is 279 g/mol. The summed E-state index contributed by atoms with van der Waals surface area (Å²) in [6, 6.07) is 1.70. The second-order valence-electron chi connectivity index (χ2n) is 5.42. The predicted octanol–water partition coefficient (Wildman–Crippen LogP) is 1.81. The average Bonchev–Trinajstić information content (AvgIpc) is 2.86. The fourth-order valence-corrected chi connectivity index (χ4v) is 2.61. The van der Waals surface area contributed by atoms with E-state index in [0.29, 0.717) is 37.9 Å². The van der Waals surface area contributed by atoms with Crippen molar-refractivity contribution in [2.45, 2.75) is 27.2 Å². The van der Waals surface area contributed by atoms with Gasteiger partial charge in [0.25, 0.3) is 0 Å². The van der Waals surface area contributed by atoms with Crippen molar-refractivity contribution >= 4 is 11.9 Å². The third kappa shape index (κ3) is 2.55. The molecular weight excluding hydrogens is 258 g/mol. The zero-order valence-electron chi connectivity index (χ0n) is 12.2. The predicted molar refractivity (Wildman–Crippen MR) is 74.9 cm³/mol. The lowest BCUT2D eigenvalue weighted by Crippen LogP contribution is -2.39. The number of aliphatic carboxylic acids is 1. The third-order valence-corrected chi connectivity index (χ3v) is 4.02. The molecular formula is C14H21N3O3. The van der Waals surface area contributed by atoms with E-state index in [2.05, 4.69) is 9.97 Å². The van der Waals surface area contributed by atoms with Crippen LogP contribution in [-0.4, -0.2) is 40.7 Å². The Kier molecular flexibility index (Phi) is 4.11. The molecule has 20 heavy (non-hydrogen) atoms. The van der Waals surface area contributed by atoms with Crippen LogP contribution in [0, 0.1) is 11.3 Å². The number of aromatic nitrogens is 2. The van der Waals surface area contributed by atoms with Crippen LogP contribution in [0.5, 0.6) is 5.88 Å². The second kappa shape index (κ2) is 5.64. The standard InChI is InChI=1S/C14H21N3O3/c1-4-20-11-5-7-15-13(16-11)17-8-6-14(9-17,10(2)3)12(18)19/h5,7,10H,4,6,8-9H2,1-3H3,(H,18,19). The molecule has 0 saturated carbocycles. The molecule has 1 aromatic heterocycles. The molecule has 1 aliphatic rings. The lowest BCUT2D eigenvalue weighted by Gasteiger charge is -2.28. The fraction of sp³-hybridized carbons (Fsp3) is 0.643. The second-order valence-corrected chi connectivity index (χ2v) is 5.42. The van der Waals surface area contributed by atoms with E-state index in [4.69, 9.17) is 4.74 Å². The maximum Gasteiger partial charge on any atom is 0.311 e. The van der Waals surface area contributed by atoms with E-state index in [9.17, 15) is 9.90 Å². The summed E-state index contributed by atoms with van der Waals surface area (Å²) in [4.78, 5) is 22.1. The van der Waals surface area contributed by atoms with E-state index in [1.807, 2.05) is 25.7 Å². The highest BCUT2D eigenvalue weighted by molar-refractivity contribution is 5.77.